The Morgan fingerprint density at radius 1 is 0.894 bits per heavy atom. The molecule has 20 heteroatoms. The first-order chi connectivity index (χ1) is 30.9. The standard InChI is InChI=1S/C46H50F3N8O8.Fm/c1-46(2,3)65-45(63)54-38-25-32(31-8-6-7-29(21-31)24-39(48)49)26-53-41(38)43(61)52-13-19-64-20-18-55(28-58)27-40(59)56-14-16-57(17-15-56)44(62)35-22-30(11-12-36(35)47)23-37(50)33-9-4-5-10-34(33)42(51)60;/h4-12,21-22,25-26,39,50H,13-20,23-24,27H2,1-3H3,(H2,51,60)(H,52,61)(H,54,63);/q-1;. The molecular formula is C46H50F3FmN8O8-. The van der Waals surface area contributed by atoms with Gasteiger partial charge in [0, 0.05) is 80.7 Å². The van der Waals surface area contributed by atoms with E-state index in [1.165, 1.54) is 40.3 Å². The van der Waals surface area contributed by atoms with Crippen molar-refractivity contribution in [1.29, 1.82) is 5.41 Å². The van der Waals surface area contributed by atoms with Gasteiger partial charge in [-0.1, -0.05) is 48.5 Å². The Bertz CT molecular complexity index is 2410. The molecule has 1 aromatic heterocycles. The second-order valence-corrected chi connectivity index (χ2v) is 16.0. The number of benzene rings is 3. The predicted octanol–water partition coefficient (Wildman–Crippen LogP) is 4.85. The Hall–Kier alpha value is -8.15. The molecule has 0 unspecified atom stereocenters. The van der Waals surface area contributed by atoms with Crippen LogP contribution < -0.4 is 16.4 Å². The third-order valence-electron chi connectivity index (χ3n) is 9.96. The summed E-state index contributed by atoms with van der Waals surface area (Å²) >= 11 is 0. The van der Waals surface area contributed by atoms with Gasteiger partial charge >= 0.3 is 6.09 Å². The first-order valence-corrected chi connectivity index (χ1v) is 20.6. The summed E-state index contributed by atoms with van der Waals surface area (Å²) < 4.78 is 51.9. The summed E-state index contributed by atoms with van der Waals surface area (Å²) in [7, 11) is 0. The maximum atomic E-state index is 14.9. The van der Waals surface area contributed by atoms with E-state index in [1.54, 1.807) is 69.6 Å². The molecule has 6 amide bonds. The molecule has 0 spiro atoms. The maximum Gasteiger partial charge on any atom is 0.412 e. The minimum Gasteiger partial charge on any atom is -0.520 e. The zero-order chi connectivity index (χ0) is 47.3. The number of anilines is 1. The molecule has 0 radical (unpaired) electrons. The minimum atomic E-state index is -2.54. The van der Waals surface area contributed by atoms with Crippen LogP contribution in [0.15, 0.2) is 79.0 Å². The van der Waals surface area contributed by atoms with Crippen LogP contribution in [0.25, 0.3) is 11.1 Å². The maximum absolute atomic E-state index is 14.9. The molecule has 5 rings (SSSR count). The fourth-order valence-electron chi connectivity index (χ4n) is 6.82. The summed E-state index contributed by atoms with van der Waals surface area (Å²) in [4.78, 5) is 84.2. The topological polar surface area (TPSA) is 217 Å². The van der Waals surface area contributed by atoms with Crippen molar-refractivity contribution in [3.05, 3.63) is 118 Å². The van der Waals surface area contributed by atoms with E-state index in [1.807, 2.05) is 0 Å². The molecule has 3 aromatic carbocycles. The average Bonchev–Trinajstić information content (AvgIpc) is 3.26. The molecule has 1 saturated heterocycles. The Morgan fingerprint density at radius 2 is 1.59 bits per heavy atom. The molecule has 1 aliphatic heterocycles. The van der Waals surface area contributed by atoms with Crippen molar-refractivity contribution in [3.63, 3.8) is 0 Å². The van der Waals surface area contributed by atoms with Crippen molar-refractivity contribution in [1.82, 2.24) is 25.0 Å². The molecule has 4 aromatic rings. The van der Waals surface area contributed by atoms with Gasteiger partial charge in [0.05, 0.1) is 31.0 Å². The number of primary amides is 1. The average molecular weight is 1160 g/mol. The van der Waals surface area contributed by atoms with Crippen LogP contribution in [0.1, 0.15) is 68.7 Å². The smallest absolute Gasteiger partial charge is 0.412 e. The van der Waals surface area contributed by atoms with Crippen molar-refractivity contribution in [3.8, 4) is 11.1 Å². The molecule has 5 N–H and O–H groups in total. The van der Waals surface area contributed by atoms with E-state index in [0.717, 1.165) is 11.0 Å². The number of carbonyl (C=O) groups is 5. The van der Waals surface area contributed by atoms with E-state index in [0.29, 0.717) is 27.8 Å². The molecule has 1 aliphatic rings. The molecule has 16 nitrogen and oxygen atoms in total. The summed E-state index contributed by atoms with van der Waals surface area (Å²) in [6.45, 7) is 5.15. The predicted molar refractivity (Wildman–Crippen MR) is 234 cm³/mol. The molecule has 0 saturated carbocycles. The van der Waals surface area contributed by atoms with E-state index in [9.17, 15) is 41.9 Å². The fourth-order valence-corrected chi connectivity index (χ4v) is 6.82. The Morgan fingerprint density at radius 3 is 2.26 bits per heavy atom. The van der Waals surface area contributed by atoms with Gasteiger partial charge in [0.15, 0.2) is 5.69 Å². The van der Waals surface area contributed by atoms with Crippen molar-refractivity contribution >= 4 is 47.5 Å². The number of piperazine rings is 1. The Balaban J connectivity index is 0.00000952. The van der Waals surface area contributed by atoms with E-state index in [-0.39, 0.29) is 93.7 Å². The third-order valence-corrected chi connectivity index (χ3v) is 9.96. The second-order valence-electron chi connectivity index (χ2n) is 16.0. The van der Waals surface area contributed by atoms with Gasteiger partial charge in [-0.25, -0.2) is 22.9 Å². The van der Waals surface area contributed by atoms with Crippen LogP contribution in [0.5, 0.6) is 0 Å². The summed E-state index contributed by atoms with van der Waals surface area (Å²) in [5.74, 6) is -3.08. The summed E-state index contributed by atoms with van der Waals surface area (Å²) in [6.07, 6.45) is -0.721. The molecule has 1 fully saturated rings. The van der Waals surface area contributed by atoms with Gasteiger partial charge in [0.2, 0.25) is 18.2 Å². The van der Waals surface area contributed by atoms with Gasteiger partial charge in [-0.15, -0.1) is 0 Å². The van der Waals surface area contributed by atoms with Crippen LogP contribution in [0.2, 0.25) is 0 Å². The van der Waals surface area contributed by atoms with Crippen LogP contribution in [0.3, 0.4) is 0 Å². The quantitative estimate of drug-likeness (QED) is 0.0436. The van der Waals surface area contributed by atoms with Gasteiger partial charge in [0.25, 0.3) is 11.8 Å². The van der Waals surface area contributed by atoms with E-state index >= 15 is 0 Å². The van der Waals surface area contributed by atoms with E-state index < -0.39 is 54.0 Å². The molecule has 0 bridgehead atoms. The molecule has 2 heterocycles. The number of nitrogens with two attached hydrogens (primary N) is 1. The molecule has 356 valence electrons. The number of rotatable bonds is 19. The summed E-state index contributed by atoms with van der Waals surface area (Å²) in [6, 6.07) is 18.3. The number of carbonyl (C=O) groups excluding carboxylic acids is 6. The van der Waals surface area contributed by atoms with Crippen LogP contribution in [0.4, 0.5) is 23.7 Å². The van der Waals surface area contributed by atoms with Gasteiger partial charge < -0.3 is 45.4 Å². The SMILES string of the molecule is CC(C)(C)OC(=O)Nc1cc(-c2cccc(CC(F)F)c2)cnc1C(=O)NCCOCCN([C-]=O)CC(=O)N1CCN(C(=O)c2cc(CC(=N)c3ccccc3C(N)=O)ccc2F)CC1.[Fm]. The number of amides is 6. The molecule has 66 heavy (non-hydrogen) atoms. The van der Waals surface area contributed by atoms with E-state index in [2.05, 4.69) is 15.6 Å². The number of nitrogens with one attached hydrogen (secondary N) is 3. The number of nitrogens with zero attached hydrogens (tertiary/aromatic N) is 4. The van der Waals surface area contributed by atoms with Crippen LogP contribution in [-0.2, 0) is 31.9 Å². The number of alkyl halides is 2. The second kappa shape index (κ2) is 23.0. The third kappa shape index (κ3) is 14.2. The molecule has 0 atom stereocenters. The number of hydrogen-bond donors (Lipinski definition) is 4. The number of pyridine rings is 1. The van der Waals surface area contributed by atoms with Gasteiger partial charge in [0.1, 0.15) is 11.4 Å². The van der Waals surface area contributed by atoms with Crippen molar-refractivity contribution < 1.29 is 51.4 Å². The number of halogens is 3. The monoisotopic (exact) mass is 1160 g/mol. The number of ether oxygens (including phenoxy) is 2. The number of aromatic nitrogens is 1. The molecule has 0 aliphatic carbocycles. The first kappa shape index (κ1) is 50.5. The van der Waals surface area contributed by atoms with Crippen LogP contribution >= 0.6 is 0 Å². The first-order valence-electron chi connectivity index (χ1n) is 20.6. The van der Waals surface area contributed by atoms with Gasteiger partial charge in [-0.2, -0.15) is 6.41 Å². The van der Waals surface area contributed by atoms with Crippen molar-refractivity contribution in [2.45, 2.75) is 45.6 Å². The van der Waals surface area contributed by atoms with Crippen LogP contribution in [0, 0.1) is 11.2 Å². The number of hydrogen-bond acceptors (Lipinski definition) is 10. The summed E-state index contributed by atoms with van der Waals surface area (Å²) in [5, 5.41) is 13.7. The van der Waals surface area contributed by atoms with E-state index in [4.69, 9.17) is 20.6 Å². The Kier molecular flexibility index (Phi) is 17.6. The summed E-state index contributed by atoms with van der Waals surface area (Å²) in [5.41, 5.74) is 6.73. The van der Waals surface area contributed by atoms with Crippen molar-refractivity contribution in [2.75, 3.05) is 64.3 Å². The fraction of sp³-hybridized carbons (Fsp3) is 0.348. The minimum absolute atomic E-state index is 0. The Labute approximate surface area is 373 Å². The zero-order valence-corrected chi connectivity index (χ0v) is 38.8. The van der Waals surface area contributed by atoms with Crippen LogP contribution in [-0.4, -0.2) is 133 Å². The molecular weight excluding hydrogens is 1110 g/mol. The zero-order valence-electron chi connectivity index (χ0n) is 36.4. The van der Waals surface area contributed by atoms with Gasteiger partial charge in [-0.05, 0) is 61.7 Å². The normalized spacial score (nSPS) is 12.5. The van der Waals surface area contributed by atoms with Gasteiger partial charge in [-0.3, -0.25) is 24.5 Å². The largest absolute Gasteiger partial charge is 0.520 e. The van der Waals surface area contributed by atoms with Crippen molar-refractivity contribution in [2.24, 2.45) is 5.73 Å².